The lowest BCUT2D eigenvalue weighted by molar-refractivity contribution is -0.136. The molecule has 0 saturated heterocycles. The number of nitrogens with zero attached hydrogens (tertiary/aromatic N) is 2. The van der Waals surface area contributed by atoms with Crippen molar-refractivity contribution in [1.82, 2.24) is 9.29 Å². The smallest absolute Gasteiger partial charge is 0.309 e. The number of carboxylic acids is 1. The Morgan fingerprint density at radius 2 is 1.69 bits per heavy atom. The number of pyridine rings is 1. The van der Waals surface area contributed by atoms with Crippen LogP contribution in [0.25, 0.3) is 11.1 Å². The van der Waals surface area contributed by atoms with Crippen LogP contribution in [0.3, 0.4) is 0 Å². The normalized spacial score (nSPS) is 11.5. The van der Waals surface area contributed by atoms with Gasteiger partial charge in [-0.05, 0) is 59.3 Å². The third-order valence-electron chi connectivity index (χ3n) is 5.42. The van der Waals surface area contributed by atoms with Gasteiger partial charge in [0.15, 0.2) is 0 Å². The quantitative estimate of drug-likeness (QED) is 0.290. The molecule has 2 heterocycles. The summed E-state index contributed by atoms with van der Waals surface area (Å²) < 4.78 is 34.1. The van der Waals surface area contributed by atoms with E-state index in [9.17, 15) is 13.2 Å². The fourth-order valence-electron chi connectivity index (χ4n) is 3.75. The van der Waals surface area contributed by atoms with Crippen LogP contribution in [-0.2, 0) is 34.3 Å². The van der Waals surface area contributed by atoms with E-state index < -0.39 is 16.0 Å². The number of thiophene rings is 1. The molecule has 0 fully saturated rings. The van der Waals surface area contributed by atoms with Gasteiger partial charge in [-0.3, -0.25) is 9.78 Å². The van der Waals surface area contributed by atoms with E-state index in [1.165, 1.54) is 4.31 Å². The predicted octanol–water partition coefficient (Wildman–Crippen LogP) is 5.23. The van der Waals surface area contributed by atoms with E-state index in [0.29, 0.717) is 18.0 Å². The van der Waals surface area contributed by atoms with Gasteiger partial charge in [-0.2, -0.15) is 4.31 Å². The monoisotopic (exact) mass is 522 g/mol. The summed E-state index contributed by atoms with van der Waals surface area (Å²) in [4.78, 5) is 15.5. The molecule has 0 saturated carbocycles. The first-order valence-electron chi connectivity index (χ1n) is 11.4. The number of hydrogen-bond donors (Lipinski definition) is 1. The molecule has 4 rings (SSSR count). The Balaban J connectivity index is 1.60. The molecule has 0 aliphatic heterocycles. The number of ether oxygens (including phenoxy) is 1. The second-order valence-electron chi connectivity index (χ2n) is 8.05. The van der Waals surface area contributed by atoms with Gasteiger partial charge >= 0.3 is 5.97 Å². The Bertz CT molecular complexity index is 1420. The van der Waals surface area contributed by atoms with Crippen molar-refractivity contribution in [2.75, 3.05) is 6.61 Å². The van der Waals surface area contributed by atoms with Crippen molar-refractivity contribution in [3.05, 3.63) is 101 Å². The molecule has 0 bridgehead atoms. The summed E-state index contributed by atoms with van der Waals surface area (Å²) in [6.07, 6.45) is -0.225. The van der Waals surface area contributed by atoms with E-state index in [1.807, 2.05) is 55.5 Å². The fourth-order valence-corrected chi connectivity index (χ4v) is 6.30. The number of carboxylic acid groups (broad SMARTS) is 1. The van der Waals surface area contributed by atoms with Gasteiger partial charge in [-0.1, -0.05) is 48.5 Å². The van der Waals surface area contributed by atoms with E-state index in [1.54, 1.807) is 35.7 Å². The van der Waals surface area contributed by atoms with Crippen LogP contribution < -0.4 is 4.74 Å². The lowest BCUT2D eigenvalue weighted by Gasteiger charge is -2.22. The lowest BCUT2D eigenvalue weighted by Crippen LogP contribution is -2.30. The molecule has 0 aliphatic rings. The summed E-state index contributed by atoms with van der Waals surface area (Å²) in [6.45, 7) is 2.69. The number of benzene rings is 2. The molecule has 186 valence electrons. The molecule has 0 spiro atoms. The largest absolute Gasteiger partial charge is 0.494 e. The van der Waals surface area contributed by atoms with E-state index >= 15 is 0 Å². The first kappa shape index (κ1) is 25.6. The van der Waals surface area contributed by atoms with Crippen LogP contribution in [-0.4, -0.2) is 35.4 Å². The van der Waals surface area contributed by atoms with Crippen molar-refractivity contribution in [2.24, 2.45) is 0 Å². The van der Waals surface area contributed by atoms with E-state index in [4.69, 9.17) is 9.84 Å². The van der Waals surface area contributed by atoms with Crippen LogP contribution in [0.2, 0.25) is 0 Å². The van der Waals surface area contributed by atoms with Crippen LogP contribution >= 0.6 is 11.3 Å². The SMILES string of the molecule is CCOc1cccc(-c2ccc(CN(Cc3cccc(CC(=O)O)n3)S(=O)(=O)c3cccs3)cc2)c1. The number of sulfonamides is 1. The number of aromatic nitrogens is 1. The topological polar surface area (TPSA) is 96.8 Å². The Morgan fingerprint density at radius 1 is 0.944 bits per heavy atom. The maximum atomic E-state index is 13.5. The second kappa shape index (κ2) is 11.5. The van der Waals surface area contributed by atoms with Crippen LogP contribution in [0.1, 0.15) is 23.9 Å². The average molecular weight is 523 g/mol. The summed E-state index contributed by atoms with van der Waals surface area (Å²) in [5.41, 5.74) is 3.69. The van der Waals surface area contributed by atoms with E-state index in [-0.39, 0.29) is 23.7 Å². The molecule has 36 heavy (non-hydrogen) atoms. The van der Waals surface area contributed by atoms with Gasteiger partial charge < -0.3 is 9.84 Å². The molecule has 7 nitrogen and oxygen atoms in total. The molecular formula is C27H26N2O5S2. The molecule has 0 atom stereocenters. The van der Waals surface area contributed by atoms with Gasteiger partial charge in [0.25, 0.3) is 10.0 Å². The highest BCUT2D eigenvalue weighted by molar-refractivity contribution is 7.91. The van der Waals surface area contributed by atoms with Gasteiger partial charge in [0.2, 0.25) is 0 Å². The van der Waals surface area contributed by atoms with Crippen LogP contribution in [0.5, 0.6) is 5.75 Å². The number of aliphatic carboxylic acids is 1. The van der Waals surface area contributed by atoms with Crippen LogP contribution in [0, 0.1) is 0 Å². The third kappa shape index (κ3) is 6.37. The number of hydrogen-bond acceptors (Lipinski definition) is 6. The number of carbonyl (C=O) groups is 1. The van der Waals surface area contributed by atoms with Gasteiger partial charge in [0.1, 0.15) is 9.96 Å². The second-order valence-corrected chi connectivity index (χ2v) is 11.2. The van der Waals surface area contributed by atoms with Gasteiger partial charge in [-0.15, -0.1) is 11.3 Å². The average Bonchev–Trinajstić information content (AvgIpc) is 3.41. The van der Waals surface area contributed by atoms with Crippen molar-refractivity contribution < 1.29 is 23.1 Å². The fraction of sp³-hybridized carbons (Fsp3) is 0.185. The number of rotatable bonds is 11. The zero-order valence-electron chi connectivity index (χ0n) is 19.7. The van der Waals surface area contributed by atoms with Crippen molar-refractivity contribution in [2.45, 2.75) is 30.6 Å². The predicted molar refractivity (Wildman–Crippen MR) is 139 cm³/mol. The van der Waals surface area contributed by atoms with Crippen LogP contribution in [0.15, 0.2) is 88.5 Å². The standard InChI is InChI=1S/C27H26N2O5S2/c1-2-34-25-9-3-6-22(16-25)21-13-11-20(12-14-21)18-29(36(32,33)27-10-5-15-35-27)19-24-8-4-7-23(28-24)17-26(30)31/h3-16H,2,17-19H2,1H3,(H,30,31). The minimum absolute atomic E-state index is 0.0197. The zero-order valence-corrected chi connectivity index (χ0v) is 21.3. The van der Waals surface area contributed by atoms with Crippen LogP contribution in [0.4, 0.5) is 0 Å². The maximum Gasteiger partial charge on any atom is 0.309 e. The van der Waals surface area contributed by atoms with Gasteiger partial charge in [0.05, 0.1) is 31.0 Å². The highest BCUT2D eigenvalue weighted by Crippen LogP contribution is 2.27. The summed E-state index contributed by atoms with van der Waals surface area (Å²) in [6, 6.07) is 23.9. The summed E-state index contributed by atoms with van der Waals surface area (Å²) in [5.74, 6) is -0.195. The Kier molecular flexibility index (Phi) is 8.14. The molecule has 1 N–H and O–H groups in total. The minimum atomic E-state index is -3.79. The van der Waals surface area contributed by atoms with E-state index in [2.05, 4.69) is 4.98 Å². The molecule has 0 amide bonds. The Hall–Kier alpha value is -3.53. The van der Waals surface area contributed by atoms with Crippen molar-refractivity contribution in [3.63, 3.8) is 0 Å². The van der Waals surface area contributed by atoms with Gasteiger partial charge in [0, 0.05) is 6.54 Å². The molecule has 2 aromatic carbocycles. The molecule has 9 heteroatoms. The zero-order chi connectivity index (χ0) is 25.5. The van der Waals surface area contributed by atoms with E-state index in [0.717, 1.165) is 33.8 Å². The van der Waals surface area contributed by atoms with Crippen molar-refractivity contribution in [3.8, 4) is 16.9 Å². The van der Waals surface area contributed by atoms with Crippen molar-refractivity contribution >= 4 is 27.3 Å². The summed E-state index contributed by atoms with van der Waals surface area (Å²) in [5, 5.41) is 10.8. The maximum absolute atomic E-state index is 13.5. The molecule has 0 radical (unpaired) electrons. The first-order chi connectivity index (χ1) is 17.3. The first-order valence-corrected chi connectivity index (χ1v) is 13.7. The molecule has 4 aromatic rings. The molecule has 0 aliphatic carbocycles. The lowest BCUT2D eigenvalue weighted by atomic mass is 10.0. The summed E-state index contributed by atoms with van der Waals surface area (Å²) >= 11 is 1.16. The minimum Gasteiger partial charge on any atom is -0.494 e. The molecular weight excluding hydrogens is 496 g/mol. The summed E-state index contributed by atoms with van der Waals surface area (Å²) in [7, 11) is -3.79. The molecule has 0 unspecified atom stereocenters. The van der Waals surface area contributed by atoms with Gasteiger partial charge in [-0.25, -0.2) is 8.42 Å². The highest BCUT2D eigenvalue weighted by atomic mass is 32.2. The molecule has 2 aromatic heterocycles. The Labute approximate surface area is 214 Å². The highest BCUT2D eigenvalue weighted by Gasteiger charge is 2.26. The Morgan fingerprint density at radius 3 is 2.39 bits per heavy atom. The van der Waals surface area contributed by atoms with Crippen molar-refractivity contribution in [1.29, 1.82) is 0 Å². The third-order valence-corrected chi connectivity index (χ3v) is 8.58.